The lowest BCUT2D eigenvalue weighted by atomic mass is 9.75. The van der Waals surface area contributed by atoms with E-state index in [2.05, 4.69) is 35.8 Å². The first-order valence-corrected chi connectivity index (χ1v) is 7.26. The Balaban J connectivity index is 2.05. The van der Waals surface area contributed by atoms with Crippen LogP contribution < -0.4 is 5.73 Å². The van der Waals surface area contributed by atoms with Gasteiger partial charge in [-0.15, -0.1) is 0 Å². The fourth-order valence-electron chi connectivity index (χ4n) is 3.42. The topological polar surface area (TPSA) is 44.9 Å². The molecule has 0 aromatic heterocycles. The number of nitrogens with zero attached hydrogens (tertiary/aromatic N) is 3. The molecule has 0 bridgehead atoms. The van der Waals surface area contributed by atoms with Gasteiger partial charge in [0.05, 0.1) is 12.1 Å². The molecule has 1 atom stereocenters. The molecule has 0 amide bonds. The maximum atomic E-state index is 6.10. The van der Waals surface area contributed by atoms with Crippen molar-refractivity contribution >= 4 is 5.96 Å². The van der Waals surface area contributed by atoms with E-state index in [4.69, 9.17) is 5.73 Å². The standard InChI is InChI=1S/C14H28N4/c1-14(12-7-5-4-6-8-12)11-16-13(15)18(14)10-9-17(2)3/h12H,4-11H2,1-3H3,(H2,15,16). The third-order valence-corrected chi connectivity index (χ3v) is 4.71. The third kappa shape index (κ3) is 2.63. The molecule has 0 saturated heterocycles. The molecule has 1 unspecified atom stereocenters. The Morgan fingerprint density at radius 3 is 2.61 bits per heavy atom. The first-order chi connectivity index (χ1) is 8.54. The lowest BCUT2D eigenvalue weighted by Gasteiger charge is -2.44. The lowest BCUT2D eigenvalue weighted by molar-refractivity contribution is 0.102. The predicted octanol–water partition coefficient (Wildman–Crippen LogP) is 1.52. The Morgan fingerprint density at radius 1 is 1.33 bits per heavy atom. The van der Waals surface area contributed by atoms with Crippen molar-refractivity contribution in [2.24, 2.45) is 16.6 Å². The average Bonchev–Trinajstić information content (AvgIpc) is 2.65. The first-order valence-electron chi connectivity index (χ1n) is 7.26. The van der Waals surface area contributed by atoms with Crippen LogP contribution in [0.1, 0.15) is 39.0 Å². The number of rotatable bonds is 4. The Labute approximate surface area is 111 Å². The van der Waals surface area contributed by atoms with Crippen LogP contribution in [0.2, 0.25) is 0 Å². The second kappa shape index (κ2) is 5.47. The molecule has 4 heteroatoms. The highest BCUT2D eigenvalue weighted by atomic mass is 15.4. The number of likely N-dealkylation sites (N-methyl/N-ethyl adjacent to an activating group) is 1. The van der Waals surface area contributed by atoms with Crippen molar-refractivity contribution in [3.63, 3.8) is 0 Å². The van der Waals surface area contributed by atoms with Gasteiger partial charge in [0.2, 0.25) is 0 Å². The summed E-state index contributed by atoms with van der Waals surface area (Å²) in [6.07, 6.45) is 6.85. The Hall–Kier alpha value is -0.770. The zero-order valence-corrected chi connectivity index (χ0v) is 12.2. The van der Waals surface area contributed by atoms with Crippen molar-refractivity contribution in [3.05, 3.63) is 0 Å². The van der Waals surface area contributed by atoms with Gasteiger partial charge in [0.25, 0.3) is 0 Å². The Bertz CT molecular complexity index is 307. The molecule has 2 N–H and O–H groups in total. The molecule has 104 valence electrons. The summed E-state index contributed by atoms with van der Waals surface area (Å²) >= 11 is 0. The first kappa shape index (κ1) is 13.7. The van der Waals surface area contributed by atoms with E-state index < -0.39 is 0 Å². The summed E-state index contributed by atoms with van der Waals surface area (Å²) in [5.41, 5.74) is 6.27. The fraction of sp³-hybridized carbons (Fsp3) is 0.929. The lowest BCUT2D eigenvalue weighted by Crippen LogP contribution is -2.56. The molecule has 1 saturated carbocycles. The molecule has 0 aromatic carbocycles. The van der Waals surface area contributed by atoms with E-state index in [9.17, 15) is 0 Å². The number of nitrogens with two attached hydrogens (primary N) is 1. The van der Waals surface area contributed by atoms with Gasteiger partial charge >= 0.3 is 0 Å². The van der Waals surface area contributed by atoms with E-state index in [1.165, 1.54) is 32.1 Å². The maximum Gasteiger partial charge on any atom is 0.191 e. The molecule has 2 rings (SSSR count). The monoisotopic (exact) mass is 252 g/mol. The number of hydrogen-bond donors (Lipinski definition) is 1. The van der Waals surface area contributed by atoms with Gasteiger partial charge in [0.1, 0.15) is 0 Å². The van der Waals surface area contributed by atoms with Crippen molar-refractivity contribution < 1.29 is 0 Å². The van der Waals surface area contributed by atoms with Gasteiger partial charge in [-0.2, -0.15) is 0 Å². The van der Waals surface area contributed by atoms with E-state index in [1.807, 2.05) is 0 Å². The molecular weight excluding hydrogens is 224 g/mol. The third-order valence-electron chi connectivity index (χ3n) is 4.71. The largest absolute Gasteiger partial charge is 0.370 e. The van der Waals surface area contributed by atoms with Crippen molar-refractivity contribution in [2.45, 2.75) is 44.6 Å². The Kier molecular flexibility index (Phi) is 4.15. The zero-order valence-electron chi connectivity index (χ0n) is 12.2. The van der Waals surface area contributed by atoms with Crippen molar-refractivity contribution in [2.75, 3.05) is 33.7 Å². The minimum Gasteiger partial charge on any atom is -0.370 e. The summed E-state index contributed by atoms with van der Waals surface area (Å²) in [7, 11) is 4.22. The highest BCUT2D eigenvalue weighted by Gasteiger charge is 2.44. The van der Waals surface area contributed by atoms with Gasteiger partial charge in [-0.25, -0.2) is 0 Å². The van der Waals surface area contributed by atoms with Gasteiger partial charge < -0.3 is 15.5 Å². The SMILES string of the molecule is CN(C)CCN1C(N)=NCC1(C)C1CCCCC1. The van der Waals surface area contributed by atoms with Crippen LogP contribution in [-0.4, -0.2) is 55.0 Å². The van der Waals surface area contributed by atoms with Gasteiger partial charge in [0, 0.05) is 13.1 Å². The van der Waals surface area contributed by atoms with Crippen LogP contribution in [0.3, 0.4) is 0 Å². The van der Waals surface area contributed by atoms with Crippen molar-refractivity contribution in [3.8, 4) is 0 Å². The number of aliphatic imine (C=N–C) groups is 1. The van der Waals surface area contributed by atoms with E-state index >= 15 is 0 Å². The molecule has 1 heterocycles. The average molecular weight is 252 g/mol. The molecule has 1 aliphatic heterocycles. The van der Waals surface area contributed by atoms with Crippen molar-refractivity contribution in [1.29, 1.82) is 0 Å². The van der Waals surface area contributed by atoms with Crippen LogP contribution in [0.15, 0.2) is 4.99 Å². The zero-order chi connectivity index (χ0) is 13.2. The highest BCUT2D eigenvalue weighted by Crippen LogP contribution is 2.38. The second-order valence-corrected chi connectivity index (χ2v) is 6.32. The van der Waals surface area contributed by atoms with E-state index in [0.717, 1.165) is 31.5 Å². The molecule has 4 nitrogen and oxygen atoms in total. The smallest absolute Gasteiger partial charge is 0.191 e. The van der Waals surface area contributed by atoms with Crippen LogP contribution in [0, 0.1) is 5.92 Å². The van der Waals surface area contributed by atoms with Crippen LogP contribution >= 0.6 is 0 Å². The van der Waals surface area contributed by atoms with E-state index in [-0.39, 0.29) is 5.54 Å². The molecule has 0 aromatic rings. The van der Waals surface area contributed by atoms with Gasteiger partial charge in [-0.1, -0.05) is 19.3 Å². The number of hydrogen-bond acceptors (Lipinski definition) is 4. The van der Waals surface area contributed by atoms with Gasteiger partial charge in [0.15, 0.2) is 5.96 Å². The summed E-state index contributed by atoms with van der Waals surface area (Å²) in [5.74, 6) is 1.52. The van der Waals surface area contributed by atoms with Gasteiger partial charge in [-0.05, 0) is 39.8 Å². The van der Waals surface area contributed by atoms with Crippen molar-refractivity contribution in [1.82, 2.24) is 9.80 Å². The summed E-state index contributed by atoms with van der Waals surface area (Å²) in [6.45, 7) is 5.28. The molecule has 18 heavy (non-hydrogen) atoms. The minimum atomic E-state index is 0.167. The molecule has 1 fully saturated rings. The maximum absolute atomic E-state index is 6.10. The second-order valence-electron chi connectivity index (χ2n) is 6.32. The molecular formula is C14H28N4. The summed E-state index contributed by atoms with van der Waals surface area (Å²) < 4.78 is 0. The van der Waals surface area contributed by atoms with E-state index in [0.29, 0.717) is 0 Å². The van der Waals surface area contributed by atoms with Crippen LogP contribution in [0.5, 0.6) is 0 Å². The number of guanidine groups is 1. The fourth-order valence-corrected chi connectivity index (χ4v) is 3.42. The van der Waals surface area contributed by atoms with Gasteiger partial charge in [-0.3, -0.25) is 4.99 Å². The molecule has 0 spiro atoms. The van der Waals surface area contributed by atoms with E-state index in [1.54, 1.807) is 0 Å². The molecule has 0 radical (unpaired) electrons. The van der Waals surface area contributed by atoms with Crippen LogP contribution in [0.25, 0.3) is 0 Å². The predicted molar refractivity (Wildman–Crippen MR) is 76.7 cm³/mol. The quantitative estimate of drug-likeness (QED) is 0.825. The summed E-state index contributed by atoms with van der Waals surface area (Å²) in [4.78, 5) is 9.10. The summed E-state index contributed by atoms with van der Waals surface area (Å²) in [5, 5.41) is 0. The summed E-state index contributed by atoms with van der Waals surface area (Å²) in [6, 6.07) is 0. The Morgan fingerprint density at radius 2 is 2.00 bits per heavy atom. The van der Waals surface area contributed by atoms with Crippen LogP contribution in [0.4, 0.5) is 0 Å². The molecule has 2 aliphatic rings. The molecule has 1 aliphatic carbocycles. The normalized spacial score (nSPS) is 30.0. The van der Waals surface area contributed by atoms with Crippen LogP contribution in [-0.2, 0) is 0 Å². The minimum absolute atomic E-state index is 0.167. The highest BCUT2D eigenvalue weighted by molar-refractivity contribution is 5.81.